The topological polar surface area (TPSA) is 58.5 Å². The number of fused-ring (bicyclic) bond motifs is 1. The number of hydrogen-bond donors (Lipinski definition) is 2. The lowest BCUT2D eigenvalue weighted by molar-refractivity contribution is 0.787. The van der Waals surface area contributed by atoms with Crippen LogP contribution in [0.25, 0.3) is 11.0 Å². The summed E-state index contributed by atoms with van der Waals surface area (Å²) in [5, 5.41) is 10.4. The summed E-state index contributed by atoms with van der Waals surface area (Å²) in [6.45, 7) is 5.77. The molecule has 2 N–H and O–H groups in total. The van der Waals surface area contributed by atoms with Crippen LogP contribution in [0.1, 0.15) is 18.2 Å². The van der Waals surface area contributed by atoms with E-state index in [1.165, 1.54) is 0 Å². The highest BCUT2D eigenvalue weighted by Gasteiger charge is 2.09. The number of benzene rings is 1. The van der Waals surface area contributed by atoms with Crippen molar-refractivity contribution in [3.05, 3.63) is 41.7 Å². The normalized spacial score (nSPS) is 11.1. The van der Waals surface area contributed by atoms with Crippen molar-refractivity contribution < 1.29 is 0 Å². The molecule has 0 saturated carbocycles. The van der Waals surface area contributed by atoms with Crippen molar-refractivity contribution in [3.63, 3.8) is 0 Å². The molecular weight excluding hydrogens is 238 g/mol. The predicted octanol–water partition coefficient (Wildman–Crippen LogP) is 2.70. The van der Waals surface area contributed by atoms with E-state index in [9.17, 15) is 0 Å². The first-order valence-corrected chi connectivity index (χ1v) is 6.47. The lowest BCUT2D eigenvalue weighted by atomic mass is 10.3. The Morgan fingerprint density at radius 1 is 1.32 bits per heavy atom. The first kappa shape index (κ1) is 11.8. The van der Waals surface area contributed by atoms with Crippen LogP contribution in [0.4, 0.5) is 5.95 Å². The van der Waals surface area contributed by atoms with Crippen molar-refractivity contribution in [1.29, 1.82) is 0 Å². The van der Waals surface area contributed by atoms with Crippen LogP contribution in [-0.2, 0) is 13.1 Å². The number of nitrogens with zero attached hydrogens (tertiary/aromatic N) is 3. The maximum Gasteiger partial charge on any atom is 0.204 e. The largest absolute Gasteiger partial charge is 0.351 e. The number of aromatic nitrogens is 4. The van der Waals surface area contributed by atoms with Crippen LogP contribution in [0.5, 0.6) is 0 Å². The standard InChI is InChI=1S/C14H17N5/c1-3-19-13-7-5-4-6-12(13)17-14(19)15-8-11-9-16-18-10(11)2/h4-7,9H,3,8H2,1-2H3,(H,15,17)(H,16,18). The summed E-state index contributed by atoms with van der Waals surface area (Å²) in [4.78, 5) is 4.63. The van der Waals surface area contributed by atoms with E-state index >= 15 is 0 Å². The quantitative estimate of drug-likeness (QED) is 0.753. The molecule has 0 aliphatic heterocycles. The van der Waals surface area contributed by atoms with E-state index in [1.807, 2.05) is 31.3 Å². The highest BCUT2D eigenvalue weighted by molar-refractivity contribution is 5.78. The third kappa shape index (κ3) is 2.07. The van der Waals surface area contributed by atoms with Crippen LogP contribution in [0, 0.1) is 6.92 Å². The van der Waals surface area contributed by atoms with Gasteiger partial charge in [0.25, 0.3) is 0 Å². The fourth-order valence-corrected chi connectivity index (χ4v) is 2.26. The van der Waals surface area contributed by atoms with E-state index in [0.717, 1.165) is 41.3 Å². The van der Waals surface area contributed by atoms with Crippen LogP contribution in [-0.4, -0.2) is 19.7 Å². The number of para-hydroxylation sites is 2. The van der Waals surface area contributed by atoms with Gasteiger partial charge in [0.15, 0.2) is 0 Å². The molecule has 3 aromatic rings. The summed E-state index contributed by atoms with van der Waals surface area (Å²) < 4.78 is 2.19. The number of imidazole rings is 1. The fraction of sp³-hybridized carbons (Fsp3) is 0.286. The van der Waals surface area contributed by atoms with Crippen molar-refractivity contribution in [2.75, 3.05) is 5.32 Å². The van der Waals surface area contributed by atoms with Crippen LogP contribution < -0.4 is 5.32 Å². The number of H-pyrrole nitrogens is 1. The Labute approximate surface area is 111 Å². The molecule has 0 aliphatic rings. The predicted molar refractivity (Wildman–Crippen MR) is 76.1 cm³/mol. The molecule has 19 heavy (non-hydrogen) atoms. The Morgan fingerprint density at radius 3 is 2.89 bits per heavy atom. The van der Waals surface area contributed by atoms with Gasteiger partial charge in [-0.05, 0) is 26.0 Å². The highest BCUT2D eigenvalue weighted by Crippen LogP contribution is 2.19. The molecule has 0 spiro atoms. The number of nitrogens with one attached hydrogen (secondary N) is 2. The Bertz CT molecular complexity index is 695. The minimum atomic E-state index is 0.728. The molecule has 0 radical (unpaired) electrons. The lowest BCUT2D eigenvalue weighted by Crippen LogP contribution is -2.07. The van der Waals surface area contributed by atoms with E-state index in [4.69, 9.17) is 0 Å². The number of anilines is 1. The van der Waals surface area contributed by atoms with Gasteiger partial charge in [0.05, 0.1) is 17.2 Å². The molecule has 5 heteroatoms. The van der Waals surface area contributed by atoms with E-state index in [-0.39, 0.29) is 0 Å². The number of aromatic amines is 1. The number of rotatable bonds is 4. The van der Waals surface area contributed by atoms with Gasteiger partial charge in [-0.1, -0.05) is 12.1 Å². The first-order chi connectivity index (χ1) is 9.29. The average molecular weight is 255 g/mol. The van der Waals surface area contributed by atoms with E-state index in [0.29, 0.717) is 0 Å². The molecule has 3 rings (SSSR count). The van der Waals surface area contributed by atoms with Gasteiger partial charge >= 0.3 is 0 Å². The van der Waals surface area contributed by atoms with E-state index < -0.39 is 0 Å². The van der Waals surface area contributed by atoms with Gasteiger partial charge in [0.2, 0.25) is 5.95 Å². The second kappa shape index (κ2) is 4.76. The lowest BCUT2D eigenvalue weighted by Gasteiger charge is -2.08. The minimum Gasteiger partial charge on any atom is -0.351 e. The van der Waals surface area contributed by atoms with E-state index in [1.54, 1.807) is 0 Å². The summed E-state index contributed by atoms with van der Waals surface area (Å²) in [6, 6.07) is 8.19. The maximum absolute atomic E-state index is 4.63. The average Bonchev–Trinajstić information content (AvgIpc) is 2.99. The fourth-order valence-electron chi connectivity index (χ4n) is 2.26. The second-order valence-electron chi connectivity index (χ2n) is 4.54. The summed E-state index contributed by atoms with van der Waals surface area (Å²) in [7, 11) is 0. The zero-order valence-corrected chi connectivity index (χ0v) is 11.1. The van der Waals surface area contributed by atoms with Gasteiger partial charge < -0.3 is 9.88 Å². The van der Waals surface area contributed by atoms with Crippen molar-refractivity contribution >= 4 is 17.0 Å². The third-order valence-electron chi connectivity index (χ3n) is 3.34. The molecule has 0 amide bonds. The van der Waals surface area contributed by atoms with Gasteiger partial charge in [-0.3, -0.25) is 5.10 Å². The number of hydrogen-bond acceptors (Lipinski definition) is 3. The van der Waals surface area contributed by atoms with Crippen molar-refractivity contribution in [2.45, 2.75) is 26.9 Å². The second-order valence-corrected chi connectivity index (χ2v) is 4.54. The van der Waals surface area contributed by atoms with Gasteiger partial charge in [0.1, 0.15) is 0 Å². The molecule has 0 aliphatic carbocycles. The monoisotopic (exact) mass is 255 g/mol. The molecule has 2 heterocycles. The SMILES string of the molecule is CCn1c(NCc2cn[nH]c2C)nc2ccccc21. The van der Waals surface area contributed by atoms with Crippen LogP contribution in [0.3, 0.4) is 0 Å². The van der Waals surface area contributed by atoms with E-state index in [2.05, 4.69) is 38.1 Å². The van der Waals surface area contributed by atoms with Gasteiger partial charge in [-0.15, -0.1) is 0 Å². The zero-order valence-electron chi connectivity index (χ0n) is 11.1. The maximum atomic E-state index is 4.63. The molecule has 0 atom stereocenters. The Hall–Kier alpha value is -2.30. The van der Waals surface area contributed by atoms with Crippen LogP contribution >= 0.6 is 0 Å². The third-order valence-corrected chi connectivity index (χ3v) is 3.34. The highest BCUT2D eigenvalue weighted by atomic mass is 15.2. The van der Waals surface area contributed by atoms with Gasteiger partial charge in [0, 0.05) is 24.3 Å². The molecule has 5 nitrogen and oxygen atoms in total. The van der Waals surface area contributed by atoms with Crippen LogP contribution in [0.2, 0.25) is 0 Å². The molecule has 2 aromatic heterocycles. The molecule has 1 aromatic carbocycles. The van der Waals surface area contributed by atoms with Crippen molar-refractivity contribution in [3.8, 4) is 0 Å². The van der Waals surface area contributed by atoms with Crippen LogP contribution in [0.15, 0.2) is 30.5 Å². The molecule has 0 unspecified atom stereocenters. The smallest absolute Gasteiger partial charge is 0.204 e. The molecule has 0 saturated heterocycles. The van der Waals surface area contributed by atoms with Gasteiger partial charge in [-0.2, -0.15) is 5.10 Å². The Kier molecular flexibility index (Phi) is 2.95. The minimum absolute atomic E-state index is 0.728. The Morgan fingerprint density at radius 2 is 2.16 bits per heavy atom. The summed E-state index contributed by atoms with van der Waals surface area (Å²) in [5.41, 5.74) is 4.44. The molecule has 98 valence electrons. The molecule has 0 fully saturated rings. The molecule has 0 bridgehead atoms. The zero-order chi connectivity index (χ0) is 13.2. The van der Waals surface area contributed by atoms with Crippen molar-refractivity contribution in [2.24, 2.45) is 0 Å². The van der Waals surface area contributed by atoms with Crippen molar-refractivity contribution in [1.82, 2.24) is 19.7 Å². The molecular formula is C14H17N5. The van der Waals surface area contributed by atoms with Gasteiger partial charge in [-0.25, -0.2) is 4.98 Å². The summed E-state index contributed by atoms with van der Waals surface area (Å²) in [6.07, 6.45) is 1.85. The number of aryl methyl sites for hydroxylation is 2. The summed E-state index contributed by atoms with van der Waals surface area (Å²) in [5.74, 6) is 0.907. The first-order valence-electron chi connectivity index (χ1n) is 6.47. The summed E-state index contributed by atoms with van der Waals surface area (Å²) >= 11 is 0. The Balaban J connectivity index is 1.90.